The maximum absolute atomic E-state index is 13.8. The highest BCUT2D eigenvalue weighted by molar-refractivity contribution is 5.76. The summed E-state index contributed by atoms with van der Waals surface area (Å²) in [5.41, 5.74) is 0.436. The molecule has 128 valence electrons. The maximum atomic E-state index is 13.8. The Kier molecular flexibility index (Phi) is 5.00. The zero-order valence-electron chi connectivity index (χ0n) is 14.0. The number of hydrogen-bond donors (Lipinski definition) is 0. The Labute approximate surface area is 141 Å². The molecular formula is C19H22FNO3. The molecule has 2 heterocycles. The highest BCUT2D eigenvalue weighted by atomic mass is 19.1. The average Bonchev–Trinajstić information content (AvgIpc) is 3.01. The lowest BCUT2D eigenvalue weighted by Gasteiger charge is -2.35. The Bertz CT molecular complexity index is 702. The molecule has 0 aliphatic carbocycles. The van der Waals surface area contributed by atoms with Crippen LogP contribution in [0.2, 0.25) is 0 Å². The fraction of sp³-hybridized carbons (Fsp3) is 0.421. The zero-order chi connectivity index (χ0) is 17.1. The van der Waals surface area contributed by atoms with E-state index in [1.807, 2.05) is 18.7 Å². The van der Waals surface area contributed by atoms with E-state index in [-0.39, 0.29) is 23.9 Å². The molecule has 2 aromatic rings. The third kappa shape index (κ3) is 3.85. The summed E-state index contributed by atoms with van der Waals surface area (Å²) in [6.45, 7) is 5.20. The van der Waals surface area contributed by atoms with Crippen molar-refractivity contribution in [3.63, 3.8) is 0 Å². The summed E-state index contributed by atoms with van der Waals surface area (Å²) in [7, 11) is 0. The first-order valence-corrected chi connectivity index (χ1v) is 8.30. The molecule has 0 radical (unpaired) electrons. The van der Waals surface area contributed by atoms with Crippen LogP contribution in [0.1, 0.15) is 26.0 Å². The fourth-order valence-electron chi connectivity index (χ4n) is 3.09. The van der Waals surface area contributed by atoms with Gasteiger partial charge in [-0.2, -0.15) is 0 Å². The zero-order valence-corrected chi connectivity index (χ0v) is 14.0. The number of carbonyl (C=O) groups excluding carboxylic acids is 1. The van der Waals surface area contributed by atoms with Crippen molar-refractivity contribution >= 4 is 5.91 Å². The first-order chi connectivity index (χ1) is 11.5. The molecule has 1 amide bonds. The minimum atomic E-state index is -0.314. The maximum Gasteiger partial charge on any atom is 0.223 e. The predicted molar refractivity (Wildman–Crippen MR) is 89.0 cm³/mol. The topological polar surface area (TPSA) is 42.7 Å². The molecule has 3 rings (SSSR count). The minimum Gasteiger partial charge on any atom is -0.461 e. The first kappa shape index (κ1) is 16.7. The molecule has 1 aliphatic rings. The van der Waals surface area contributed by atoms with Gasteiger partial charge in [0.15, 0.2) is 0 Å². The third-order valence-corrected chi connectivity index (χ3v) is 4.16. The van der Waals surface area contributed by atoms with Gasteiger partial charge in [0.2, 0.25) is 5.91 Å². The van der Waals surface area contributed by atoms with Crippen molar-refractivity contribution in [2.45, 2.75) is 38.9 Å². The van der Waals surface area contributed by atoms with Gasteiger partial charge in [0.05, 0.1) is 17.8 Å². The van der Waals surface area contributed by atoms with E-state index in [0.717, 1.165) is 0 Å². The molecule has 0 bridgehead atoms. The second-order valence-electron chi connectivity index (χ2n) is 6.30. The largest absolute Gasteiger partial charge is 0.461 e. The second-order valence-corrected chi connectivity index (χ2v) is 6.30. The number of furan rings is 1. The number of nitrogens with zero attached hydrogens (tertiary/aromatic N) is 1. The van der Waals surface area contributed by atoms with E-state index < -0.39 is 0 Å². The van der Waals surface area contributed by atoms with Crippen molar-refractivity contribution in [1.29, 1.82) is 0 Å². The van der Waals surface area contributed by atoms with Crippen molar-refractivity contribution in [3.8, 4) is 11.3 Å². The van der Waals surface area contributed by atoms with Gasteiger partial charge in [0.25, 0.3) is 0 Å². The molecule has 0 spiro atoms. The van der Waals surface area contributed by atoms with E-state index in [9.17, 15) is 9.18 Å². The number of halogens is 1. The van der Waals surface area contributed by atoms with Crippen LogP contribution in [-0.4, -0.2) is 36.1 Å². The summed E-state index contributed by atoms with van der Waals surface area (Å²) in [5.74, 6) is 0.965. The van der Waals surface area contributed by atoms with Crippen molar-refractivity contribution in [2.24, 2.45) is 0 Å². The molecular weight excluding hydrogens is 309 g/mol. The van der Waals surface area contributed by atoms with Gasteiger partial charge in [-0.3, -0.25) is 4.79 Å². The molecule has 1 aromatic carbocycles. The number of morpholine rings is 1. The van der Waals surface area contributed by atoms with E-state index in [2.05, 4.69) is 0 Å². The molecule has 24 heavy (non-hydrogen) atoms. The van der Waals surface area contributed by atoms with Crippen molar-refractivity contribution in [2.75, 3.05) is 13.1 Å². The normalized spacial score (nSPS) is 21.0. The second kappa shape index (κ2) is 7.18. The van der Waals surface area contributed by atoms with Crippen LogP contribution >= 0.6 is 0 Å². The summed E-state index contributed by atoms with van der Waals surface area (Å²) < 4.78 is 25.1. The van der Waals surface area contributed by atoms with Gasteiger partial charge in [-0.05, 0) is 38.1 Å². The molecule has 4 nitrogen and oxygen atoms in total. The Morgan fingerprint density at radius 3 is 2.58 bits per heavy atom. The Balaban J connectivity index is 1.59. The van der Waals surface area contributed by atoms with Crippen molar-refractivity contribution in [1.82, 2.24) is 4.90 Å². The van der Waals surface area contributed by atoms with Crippen LogP contribution in [0, 0.1) is 5.82 Å². The van der Waals surface area contributed by atoms with Crippen LogP contribution in [0.15, 0.2) is 40.8 Å². The average molecular weight is 331 g/mol. The highest BCUT2D eigenvalue weighted by Gasteiger charge is 2.25. The van der Waals surface area contributed by atoms with Crippen LogP contribution in [0.3, 0.4) is 0 Å². The van der Waals surface area contributed by atoms with Crippen LogP contribution in [0.5, 0.6) is 0 Å². The fourth-order valence-corrected chi connectivity index (χ4v) is 3.09. The Morgan fingerprint density at radius 2 is 1.88 bits per heavy atom. The molecule has 1 saturated heterocycles. The SMILES string of the molecule is CC1CN(C(=O)CCc2ccc(-c3ccccc3F)o2)CC(C)O1. The molecule has 1 aromatic heterocycles. The smallest absolute Gasteiger partial charge is 0.223 e. The predicted octanol–water partition coefficient (Wildman–Crippen LogP) is 3.65. The molecule has 0 N–H and O–H groups in total. The lowest BCUT2D eigenvalue weighted by molar-refractivity contribution is -0.143. The minimum absolute atomic E-state index is 0.0639. The van der Waals surface area contributed by atoms with Gasteiger partial charge in [-0.15, -0.1) is 0 Å². The summed E-state index contributed by atoms with van der Waals surface area (Å²) in [5, 5.41) is 0. The molecule has 0 saturated carbocycles. The molecule has 2 unspecified atom stereocenters. The van der Waals surface area contributed by atoms with E-state index in [1.54, 1.807) is 30.3 Å². The summed E-state index contributed by atoms with van der Waals surface area (Å²) in [6.07, 6.45) is 1.01. The van der Waals surface area contributed by atoms with E-state index >= 15 is 0 Å². The number of carbonyl (C=O) groups is 1. The number of rotatable bonds is 4. The number of benzene rings is 1. The Morgan fingerprint density at radius 1 is 1.17 bits per heavy atom. The van der Waals surface area contributed by atoms with Gasteiger partial charge in [-0.1, -0.05) is 12.1 Å². The number of amides is 1. The van der Waals surface area contributed by atoms with Gasteiger partial charge in [0.1, 0.15) is 17.3 Å². The van der Waals surface area contributed by atoms with Gasteiger partial charge in [0, 0.05) is 25.9 Å². The number of aryl methyl sites for hydroxylation is 1. The number of ether oxygens (including phenoxy) is 1. The lowest BCUT2D eigenvalue weighted by atomic mass is 10.1. The standard InChI is InChI=1S/C19H22FNO3/c1-13-11-21(12-14(2)23-13)19(22)10-8-15-7-9-18(24-15)16-5-3-4-6-17(16)20/h3-7,9,13-14H,8,10-12H2,1-2H3. The van der Waals surface area contributed by atoms with Gasteiger partial charge in [-0.25, -0.2) is 4.39 Å². The molecule has 5 heteroatoms. The van der Waals surface area contributed by atoms with Crippen LogP contribution in [0.25, 0.3) is 11.3 Å². The third-order valence-electron chi connectivity index (χ3n) is 4.16. The highest BCUT2D eigenvalue weighted by Crippen LogP contribution is 2.25. The van der Waals surface area contributed by atoms with Crippen LogP contribution in [0.4, 0.5) is 4.39 Å². The first-order valence-electron chi connectivity index (χ1n) is 8.30. The van der Waals surface area contributed by atoms with Crippen molar-refractivity contribution in [3.05, 3.63) is 48.0 Å². The van der Waals surface area contributed by atoms with Crippen molar-refractivity contribution < 1.29 is 18.3 Å². The van der Waals surface area contributed by atoms with E-state index in [1.165, 1.54) is 6.07 Å². The monoisotopic (exact) mass is 331 g/mol. The summed E-state index contributed by atoms with van der Waals surface area (Å²) in [4.78, 5) is 14.2. The van der Waals surface area contributed by atoms with Gasteiger partial charge >= 0.3 is 0 Å². The quantitative estimate of drug-likeness (QED) is 0.859. The molecule has 2 atom stereocenters. The molecule has 1 fully saturated rings. The number of hydrogen-bond acceptors (Lipinski definition) is 3. The summed E-state index contributed by atoms with van der Waals surface area (Å²) in [6, 6.07) is 10.1. The lowest BCUT2D eigenvalue weighted by Crippen LogP contribution is -2.48. The van der Waals surface area contributed by atoms with Crippen LogP contribution < -0.4 is 0 Å². The van der Waals surface area contributed by atoms with E-state index in [0.29, 0.717) is 43.0 Å². The van der Waals surface area contributed by atoms with Crippen LogP contribution in [-0.2, 0) is 16.0 Å². The van der Waals surface area contributed by atoms with E-state index in [4.69, 9.17) is 9.15 Å². The van der Waals surface area contributed by atoms with Gasteiger partial charge < -0.3 is 14.1 Å². The summed E-state index contributed by atoms with van der Waals surface area (Å²) >= 11 is 0. The Hall–Kier alpha value is -2.14. The molecule has 1 aliphatic heterocycles.